The number of halogens is 4. The maximum atomic E-state index is 13.3. The standard InChI is InChI=1S/C23H28F4N4O2/c24-18-9-11-20(12-10-18)31(15-5-14-29-21(32)8-2-1-3-13-28)22(33)30-19-7-4-6-17(16-19)23(25,26)27/h4,6-7,9-12,16H,1-3,5,8,13-15,28H2,(H,29,32)(H,30,33). The molecule has 2 rings (SSSR count). The van der Waals surface area contributed by atoms with Gasteiger partial charge in [0.2, 0.25) is 5.91 Å². The van der Waals surface area contributed by atoms with Crippen molar-refractivity contribution < 1.29 is 27.2 Å². The summed E-state index contributed by atoms with van der Waals surface area (Å²) in [5, 5.41) is 5.23. The number of hydrogen-bond donors (Lipinski definition) is 3. The Morgan fingerprint density at radius 3 is 2.36 bits per heavy atom. The fourth-order valence-corrected chi connectivity index (χ4v) is 3.09. The first kappa shape index (κ1) is 26.1. The van der Waals surface area contributed by atoms with Crippen molar-refractivity contribution in [3.63, 3.8) is 0 Å². The Kier molecular flexibility index (Phi) is 10.1. The molecule has 0 saturated heterocycles. The number of alkyl halides is 3. The van der Waals surface area contributed by atoms with E-state index in [1.165, 1.54) is 41.3 Å². The zero-order valence-corrected chi connectivity index (χ0v) is 18.1. The van der Waals surface area contributed by atoms with Crippen molar-refractivity contribution in [3.8, 4) is 0 Å². The number of nitrogens with zero attached hydrogens (tertiary/aromatic N) is 1. The van der Waals surface area contributed by atoms with Crippen LogP contribution in [0.25, 0.3) is 0 Å². The lowest BCUT2D eigenvalue weighted by Gasteiger charge is -2.23. The number of urea groups is 1. The van der Waals surface area contributed by atoms with Crippen LogP contribution in [0.1, 0.15) is 37.7 Å². The summed E-state index contributed by atoms with van der Waals surface area (Å²) in [7, 11) is 0. The van der Waals surface area contributed by atoms with Crippen LogP contribution >= 0.6 is 0 Å². The van der Waals surface area contributed by atoms with Crippen molar-refractivity contribution in [2.75, 3.05) is 29.9 Å². The number of unbranched alkanes of at least 4 members (excludes halogenated alkanes) is 2. The second kappa shape index (κ2) is 12.8. The summed E-state index contributed by atoms with van der Waals surface area (Å²) in [6, 6.07) is 8.79. The number of carbonyl (C=O) groups excluding carboxylic acids is 2. The fraction of sp³-hybridized carbons (Fsp3) is 0.391. The van der Waals surface area contributed by atoms with Crippen LogP contribution < -0.4 is 21.3 Å². The molecule has 0 atom stereocenters. The Morgan fingerprint density at radius 1 is 0.970 bits per heavy atom. The number of nitrogens with two attached hydrogens (primary N) is 1. The quantitative estimate of drug-likeness (QED) is 0.324. The van der Waals surface area contributed by atoms with Crippen LogP contribution in [-0.2, 0) is 11.0 Å². The summed E-state index contributed by atoms with van der Waals surface area (Å²) in [6.45, 7) is 1.05. The number of hydrogen-bond acceptors (Lipinski definition) is 3. The van der Waals surface area contributed by atoms with E-state index < -0.39 is 23.6 Å². The molecule has 3 amide bonds. The number of benzene rings is 2. The molecule has 0 aliphatic rings. The molecule has 0 saturated carbocycles. The van der Waals surface area contributed by atoms with Crippen LogP contribution in [0.5, 0.6) is 0 Å². The molecule has 180 valence electrons. The molecule has 0 heterocycles. The highest BCUT2D eigenvalue weighted by Gasteiger charge is 2.30. The zero-order chi connectivity index (χ0) is 24.3. The van der Waals surface area contributed by atoms with E-state index in [4.69, 9.17) is 5.73 Å². The third-order valence-electron chi connectivity index (χ3n) is 4.81. The van der Waals surface area contributed by atoms with Crippen LogP contribution in [0.3, 0.4) is 0 Å². The number of amides is 3. The molecular formula is C23H28F4N4O2. The van der Waals surface area contributed by atoms with Gasteiger partial charge in [0.15, 0.2) is 0 Å². The Balaban J connectivity index is 1.99. The highest BCUT2D eigenvalue weighted by Crippen LogP contribution is 2.30. The van der Waals surface area contributed by atoms with Crippen molar-refractivity contribution in [1.82, 2.24) is 5.32 Å². The lowest BCUT2D eigenvalue weighted by atomic mass is 10.2. The van der Waals surface area contributed by atoms with E-state index in [0.29, 0.717) is 31.6 Å². The van der Waals surface area contributed by atoms with E-state index in [0.717, 1.165) is 31.4 Å². The number of carbonyl (C=O) groups is 2. The summed E-state index contributed by atoms with van der Waals surface area (Å²) in [6.07, 6.45) is -1.29. The number of anilines is 2. The first-order valence-electron chi connectivity index (χ1n) is 10.7. The molecule has 2 aromatic carbocycles. The van der Waals surface area contributed by atoms with Gasteiger partial charge < -0.3 is 16.4 Å². The van der Waals surface area contributed by atoms with E-state index in [1.807, 2.05) is 0 Å². The van der Waals surface area contributed by atoms with Gasteiger partial charge in [-0.15, -0.1) is 0 Å². The predicted molar refractivity (Wildman–Crippen MR) is 119 cm³/mol. The van der Waals surface area contributed by atoms with Crippen LogP contribution in [-0.4, -0.2) is 31.6 Å². The Hall–Kier alpha value is -3.14. The average molecular weight is 468 g/mol. The van der Waals surface area contributed by atoms with Gasteiger partial charge in [0, 0.05) is 30.9 Å². The summed E-state index contributed by atoms with van der Waals surface area (Å²) in [5.74, 6) is -0.590. The molecule has 0 aromatic heterocycles. The van der Waals surface area contributed by atoms with Crippen molar-refractivity contribution in [3.05, 3.63) is 59.9 Å². The molecule has 33 heavy (non-hydrogen) atoms. The topological polar surface area (TPSA) is 87.5 Å². The van der Waals surface area contributed by atoms with Gasteiger partial charge in [-0.3, -0.25) is 9.69 Å². The lowest BCUT2D eigenvalue weighted by Crippen LogP contribution is -2.37. The molecule has 0 fully saturated rings. The van der Waals surface area contributed by atoms with E-state index in [1.54, 1.807) is 0 Å². The third kappa shape index (κ3) is 9.09. The monoisotopic (exact) mass is 468 g/mol. The minimum Gasteiger partial charge on any atom is -0.356 e. The molecule has 2 aromatic rings. The second-order valence-corrected chi connectivity index (χ2v) is 7.44. The molecule has 4 N–H and O–H groups in total. The molecule has 0 spiro atoms. The molecule has 0 unspecified atom stereocenters. The van der Waals surface area contributed by atoms with Crippen molar-refractivity contribution in [2.45, 2.75) is 38.3 Å². The van der Waals surface area contributed by atoms with Gasteiger partial charge in [-0.2, -0.15) is 13.2 Å². The lowest BCUT2D eigenvalue weighted by molar-refractivity contribution is -0.137. The number of rotatable bonds is 11. The maximum Gasteiger partial charge on any atom is 0.416 e. The molecule has 0 bridgehead atoms. The van der Waals surface area contributed by atoms with Gasteiger partial charge in [-0.1, -0.05) is 12.5 Å². The molecule has 10 heteroatoms. The van der Waals surface area contributed by atoms with Gasteiger partial charge >= 0.3 is 12.2 Å². The van der Waals surface area contributed by atoms with Crippen LogP contribution in [0.2, 0.25) is 0 Å². The summed E-state index contributed by atoms with van der Waals surface area (Å²) in [4.78, 5) is 26.0. The van der Waals surface area contributed by atoms with Crippen LogP contribution in [0, 0.1) is 5.82 Å². The molecule has 6 nitrogen and oxygen atoms in total. The van der Waals surface area contributed by atoms with Crippen LogP contribution in [0.15, 0.2) is 48.5 Å². The van der Waals surface area contributed by atoms with E-state index in [2.05, 4.69) is 10.6 Å². The minimum absolute atomic E-state index is 0.0206. The van der Waals surface area contributed by atoms with E-state index >= 15 is 0 Å². The van der Waals surface area contributed by atoms with Crippen molar-refractivity contribution >= 4 is 23.3 Å². The maximum absolute atomic E-state index is 13.3. The predicted octanol–water partition coefficient (Wildman–Crippen LogP) is 4.91. The highest BCUT2D eigenvalue weighted by molar-refractivity contribution is 6.01. The largest absolute Gasteiger partial charge is 0.416 e. The summed E-state index contributed by atoms with van der Waals surface area (Å²) < 4.78 is 52.2. The first-order chi connectivity index (χ1) is 15.7. The molecular weight excluding hydrogens is 440 g/mol. The zero-order valence-electron chi connectivity index (χ0n) is 18.1. The van der Waals surface area contributed by atoms with Gasteiger partial charge in [0.1, 0.15) is 5.82 Å². The van der Waals surface area contributed by atoms with Crippen molar-refractivity contribution in [1.29, 1.82) is 0 Å². The van der Waals surface area contributed by atoms with Crippen molar-refractivity contribution in [2.24, 2.45) is 5.73 Å². The van der Waals surface area contributed by atoms with Gasteiger partial charge in [-0.25, -0.2) is 9.18 Å². The molecule has 0 radical (unpaired) electrons. The van der Waals surface area contributed by atoms with E-state index in [-0.39, 0.29) is 18.1 Å². The van der Waals surface area contributed by atoms with Gasteiger partial charge in [0.05, 0.1) is 5.56 Å². The number of nitrogens with one attached hydrogen (secondary N) is 2. The normalized spacial score (nSPS) is 11.2. The fourth-order valence-electron chi connectivity index (χ4n) is 3.09. The summed E-state index contributed by atoms with van der Waals surface area (Å²) >= 11 is 0. The SMILES string of the molecule is NCCCCCC(=O)NCCCN(C(=O)Nc1cccc(C(F)(F)F)c1)c1ccc(F)cc1. The third-order valence-corrected chi connectivity index (χ3v) is 4.81. The van der Waals surface area contributed by atoms with Gasteiger partial charge in [0.25, 0.3) is 0 Å². The highest BCUT2D eigenvalue weighted by atomic mass is 19.4. The Bertz CT molecular complexity index is 904. The Morgan fingerprint density at radius 2 is 1.70 bits per heavy atom. The van der Waals surface area contributed by atoms with Gasteiger partial charge in [-0.05, 0) is 68.3 Å². The summed E-state index contributed by atoms with van der Waals surface area (Å²) in [5.41, 5.74) is 4.88. The Labute approximate surface area is 190 Å². The minimum atomic E-state index is -4.54. The molecule has 0 aliphatic heterocycles. The first-order valence-corrected chi connectivity index (χ1v) is 10.7. The second-order valence-electron chi connectivity index (χ2n) is 7.44. The average Bonchev–Trinajstić information content (AvgIpc) is 2.77. The van der Waals surface area contributed by atoms with Crippen LogP contribution in [0.4, 0.5) is 33.7 Å². The van der Waals surface area contributed by atoms with E-state index in [9.17, 15) is 27.2 Å². The molecule has 0 aliphatic carbocycles. The smallest absolute Gasteiger partial charge is 0.356 e.